The van der Waals surface area contributed by atoms with Gasteiger partial charge in [0.05, 0.1) is 23.0 Å². The molecule has 104 valence electrons. The number of rotatable bonds is 3. The van der Waals surface area contributed by atoms with Gasteiger partial charge >= 0.3 is 0 Å². The van der Waals surface area contributed by atoms with E-state index in [4.69, 9.17) is 15.9 Å². The number of aromatic nitrogens is 1. The molecule has 0 aliphatic rings. The topological polar surface area (TPSA) is 72.0 Å². The lowest BCUT2D eigenvalue weighted by Gasteiger charge is -2.12. The Labute approximate surface area is 131 Å². The number of halogens is 3. The number of hydrogen-bond acceptors (Lipinski definition) is 4. The third-order valence-corrected chi connectivity index (χ3v) is 4.12. The van der Waals surface area contributed by atoms with Gasteiger partial charge in [0.15, 0.2) is 0 Å². The summed E-state index contributed by atoms with van der Waals surface area (Å²) in [6, 6.07) is 4.55. The molecule has 0 spiro atoms. The van der Waals surface area contributed by atoms with Crippen molar-refractivity contribution in [3.63, 3.8) is 0 Å². The Hall–Kier alpha value is -1.47. The highest BCUT2D eigenvalue weighted by Gasteiger charge is 2.18. The summed E-state index contributed by atoms with van der Waals surface area (Å²) in [6.45, 7) is 0. The van der Waals surface area contributed by atoms with Crippen LogP contribution in [0.5, 0.6) is 5.88 Å². The van der Waals surface area contributed by atoms with Crippen LogP contribution in [0.4, 0.5) is 10.1 Å². The molecule has 0 bridgehead atoms. The second-order valence-electron chi connectivity index (χ2n) is 3.91. The van der Waals surface area contributed by atoms with Gasteiger partial charge in [0.2, 0.25) is 5.88 Å². The molecule has 0 aliphatic carbocycles. The van der Waals surface area contributed by atoms with Gasteiger partial charge in [-0.3, -0.25) is 5.41 Å². The summed E-state index contributed by atoms with van der Waals surface area (Å²) in [7, 11) is 1.51. The lowest BCUT2D eigenvalue weighted by molar-refractivity contribution is 0.398. The lowest BCUT2D eigenvalue weighted by Crippen LogP contribution is -2.09. The van der Waals surface area contributed by atoms with Crippen LogP contribution in [0.15, 0.2) is 33.3 Å². The summed E-state index contributed by atoms with van der Waals surface area (Å²) in [5.74, 6) is -0.0543. The molecule has 0 aliphatic heterocycles. The number of nitrogen functional groups attached to an aromatic ring is 1. The zero-order chi connectivity index (χ0) is 14.9. The highest BCUT2D eigenvalue weighted by Crippen LogP contribution is 2.34. The van der Waals surface area contributed by atoms with Gasteiger partial charge < -0.3 is 10.5 Å². The van der Waals surface area contributed by atoms with Crippen molar-refractivity contribution in [3.8, 4) is 5.88 Å². The number of ether oxygens (including phenoxy) is 1. The second-order valence-corrected chi connectivity index (χ2v) is 5.55. The van der Waals surface area contributed by atoms with Gasteiger partial charge in [0, 0.05) is 27.9 Å². The smallest absolute Gasteiger partial charge is 0.212 e. The van der Waals surface area contributed by atoms with E-state index in [-0.39, 0.29) is 15.7 Å². The largest absolute Gasteiger partial charge is 0.481 e. The molecule has 3 N–H and O–H groups in total. The van der Waals surface area contributed by atoms with Crippen molar-refractivity contribution < 1.29 is 9.13 Å². The van der Waals surface area contributed by atoms with Crippen LogP contribution in [0.2, 0.25) is 0 Å². The maximum Gasteiger partial charge on any atom is 0.212 e. The fraction of sp³-hybridized carbons (Fsp3) is 0.0769. The van der Waals surface area contributed by atoms with E-state index in [2.05, 4.69) is 36.8 Å². The van der Waals surface area contributed by atoms with Crippen LogP contribution >= 0.6 is 31.9 Å². The first kappa shape index (κ1) is 14.9. The molecule has 2 rings (SSSR count). The number of anilines is 1. The summed E-state index contributed by atoms with van der Waals surface area (Å²) in [6.07, 6.45) is 1.48. The van der Waals surface area contributed by atoms with Gasteiger partial charge in [0.25, 0.3) is 0 Å². The van der Waals surface area contributed by atoms with Crippen molar-refractivity contribution in [1.82, 2.24) is 4.98 Å². The SMILES string of the molecule is COc1ccc(C(=N)c2c(N)c(Br)cc(F)c2Br)cn1. The molecule has 0 atom stereocenters. The average molecular weight is 403 g/mol. The number of pyridine rings is 1. The van der Waals surface area contributed by atoms with Gasteiger partial charge in [-0.1, -0.05) is 0 Å². The third kappa shape index (κ3) is 2.69. The van der Waals surface area contributed by atoms with Gasteiger partial charge in [0.1, 0.15) is 5.82 Å². The van der Waals surface area contributed by atoms with Crippen molar-refractivity contribution in [1.29, 1.82) is 5.41 Å². The van der Waals surface area contributed by atoms with Gasteiger partial charge in [-0.2, -0.15) is 0 Å². The van der Waals surface area contributed by atoms with Crippen LogP contribution in [0, 0.1) is 11.2 Å². The zero-order valence-corrected chi connectivity index (χ0v) is 13.5. The summed E-state index contributed by atoms with van der Waals surface area (Å²) >= 11 is 6.31. The molecule has 0 fully saturated rings. The second kappa shape index (κ2) is 5.88. The maximum absolute atomic E-state index is 13.8. The third-order valence-electron chi connectivity index (χ3n) is 2.69. The minimum atomic E-state index is -0.493. The molecule has 1 aromatic carbocycles. The molecule has 0 radical (unpaired) electrons. The van der Waals surface area contributed by atoms with E-state index in [0.29, 0.717) is 21.6 Å². The molecule has 20 heavy (non-hydrogen) atoms. The Balaban J connectivity index is 2.53. The highest BCUT2D eigenvalue weighted by molar-refractivity contribution is 9.11. The quantitative estimate of drug-likeness (QED) is 0.466. The summed E-state index contributed by atoms with van der Waals surface area (Å²) < 4.78 is 19.3. The van der Waals surface area contributed by atoms with Crippen LogP contribution in [-0.4, -0.2) is 17.8 Å². The first-order valence-electron chi connectivity index (χ1n) is 5.48. The molecule has 0 saturated heterocycles. The predicted molar refractivity (Wildman–Crippen MR) is 82.9 cm³/mol. The van der Waals surface area contributed by atoms with Crippen molar-refractivity contribution in [2.24, 2.45) is 0 Å². The van der Waals surface area contributed by atoms with Crippen LogP contribution in [-0.2, 0) is 0 Å². The molecule has 0 amide bonds. The van der Waals surface area contributed by atoms with E-state index >= 15 is 0 Å². The van der Waals surface area contributed by atoms with Crippen LogP contribution in [0.25, 0.3) is 0 Å². The molecule has 0 saturated carbocycles. The number of hydrogen-bond donors (Lipinski definition) is 2. The summed E-state index contributed by atoms with van der Waals surface area (Å²) in [5.41, 5.74) is 7.07. The van der Waals surface area contributed by atoms with E-state index < -0.39 is 5.82 Å². The normalized spacial score (nSPS) is 10.4. The van der Waals surface area contributed by atoms with E-state index in [1.54, 1.807) is 12.1 Å². The lowest BCUT2D eigenvalue weighted by atomic mass is 10.0. The average Bonchev–Trinajstić information content (AvgIpc) is 2.45. The Kier molecular flexibility index (Phi) is 4.39. The molecule has 4 nitrogen and oxygen atoms in total. The van der Waals surface area contributed by atoms with Crippen molar-refractivity contribution >= 4 is 43.3 Å². The molecule has 7 heteroatoms. The number of methoxy groups -OCH3 is 1. The first-order valence-corrected chi connectivity index (χ1v) is 7.06. The Morgan fingerprint density at radius 1 is 1.40 bits per heavy atom. The number of nitrogens with zero attached hydrogens (tertiary/aromatic N) is 1. The summed E-state index contributed by atoms with van der Waals surface area (Å²) in [4.78, 5) is 4.02. The molecule has 1 heterocycles. The molecule has 2 aromatic rings. The Bertz CT molecular complexity index is 648. The van der Waals surface area contributed by atoms with Crippen LogP contribution < -0.4 is 10.5 Å². The molecular weight excluding hydrogens is 393 g/mol. The Morgan fingerprint density at radius 2 is 2.10 bits per heavy atom. The van der Waals surface area contributed by atoms with E-state index in [1.807, 2.05) is 0 Å². The minimum absolute atomic E-state index is 0.0738. The zero-order valence-electron chi connectivity index (χ0n) is 10.4. The minimum Gasteiger partial charge on any atom is -0.481 e. The van der Waals surface area contributed by atoms with Crippen LogP contribution in [0.3, 0.4) is 0 Å². The molecular formula is C13H10Br2FN3O. The van der Waals surface area contributed by atoms with E-state index in [9.17, 15) is 4.39 Å². The van der Waals surface area contributed by atoms with Gasteiger partial charge in [-0.05, 0) is 44.0 Å². The fourth-order valence-corrected chi connectivity index (χ4v) is 2.57. The van der Waals surface area contributed by atoms with E-state index in [0.717, 1.165) is 0 Å². The highest BCUT2D eigenvalue weighted by atomic mass is 79.9. The Morgan fingerprint density at radius 3 is 2.65 bits per heavy atom. The first-order chi connectivity index (χ1) is 9.45. The monoisotopic (exact) mass is 401 g/mol. The fourth-order valence-electron chi connectivity index (χ4n) is 1.65. The number of nitrogens with one attached hydrogen (secondary N) is 1. The standard InChI is InChI=1S/C13H10Br2FN3O/c1-20-9-3-2-6(5-19-9)12(17)10-11(15)8(16)4-7(14)13(10)18/h2-5,17H,18H2,1H3. The van der Waals surface area contributed by atoms with Crippen molar-refractivity contribution in [2.45, 2.75) is 0 Å². The molecule has 1 aromatic heterocycles. The number of benzene rings is 1. The summed E-state index contributed by atoms with van der Waals surface area (Å²) in [5, 5.41) is 8.19. The van der Waals surface area contributed by atoms with Crippen molar-refractivity contribution in [3.05, 3.63) is 50.3 Å². The maximum atomic E-state index is 13.8. The van der Waals surface area contributed by atoms with Gasteiger partial charge in [-0.25, -0.2) is 9.37 Å². The van der Waals surface area contributed by atoms with E-state index in [1.165, 1.54) is 19.4 Å². The molecule has 0 unspecified atom stereocenters. The van der Waals surface area contributed by atoms with Crippen LogP contribution in [0.1, 0.15) is 11.1 Å². The van der Waals surface area contributed by atoms with Crippen molar-refractivity contribution in [2.75, 3.05) is 12.8 Å². The number of nitrogens with two attached hydrogens (primary N) is 1. The predicted octanol–water partition coefficient (Wildman–Crippen LogP) is 3.75. The van der Waals surface area contributed by atoms with Gasteiger partial charge in [-0.15, -0.1) is 0 Å².